The minimum Gasteiger partial charge on any atom is -0.259 e. The Bertz CT molecular complexity index is 401. The summed E-state index contributed by atoms with van der Waals surface area (Å²) in [5, 5.41) is 16.2. The highest BCUT2D eigenvalue weighted by atomic mass is 15.4. The molecule has 1 N–H and O–H groups in total. The standard InChI is InChI=1S/C10H12N4/c1-7-4-8(2)9(6-11)10(5-7)13-14-12-3/h4-5H,1-3H3,(H,12,13). The number of aryl methyl sites for hydroxylation is 2. The van der Waals surface area contributed by atoms with E-state index < -0.39 is 0 Å². The molecule has 0 amide bonds. The van der Waals surface area contributed by atoms with Crippen LogP contribution in [0.2, 0.25) is 0 Å². The van der Waals surface area contributed by atoms with Gasteiger partial charge < -0.3 is 0 Å². The lowest BCUT2D eigenvalue weighted by Gasteiger charge is -2.06. The number of rotatable bonds is 2. The maximum Gasteiger partial charge on any atom is 0.102 e. The molecule has 0 aliphatic rings. The Morgan fingerprint density at radius 3 is 2.64 bits per heavy atom. The number of anilines is 1. The van der Waals surface area contributed by atoms with Gasteiger partial charge in [-0.1, -0.05) is 11.3 Å². The van der Waals surface area contributed by atoms with Crippen LogP contribution >= 0.6 is 0 Å². The second-order valence-electron chi connectivity index (χ2n) is 3.03. The molecule has 0 aliphatic carbocycles. The van der Waals surface area contributed by atoms with Crippen molar-refractivity contribution >= 4 is 5.69 Å². The van der Waals surface area contributed by atoms with E-state index in [1.54, 1.807) is 7.05 Å². The molecule has 1 aromatic carbocycles. The SMILES string of the molecule is CN=NNc1cc(C)cc(C)c1C#N. The molecule has 0 bridgehead atoms. The summed E-state index contributed by atoms with van der Waals surface area (Å²) in [5.74, 6) is 0. The molecule has 0 saturated carbocycles. The smallest absolute Gasteiger partial charge is 0.102 e. The molecule has 4 heteroatoms. The van der Waals surface area contributed by atoms with Gasteiger partial charge in [-0.05, 0) is 31.0 Å². The summed E-state index contributed by atoms with van der Waals surface area (Å²) in [6.45, 7) is 3.88. The summed E-state index contributed by atoms with van der Waals surface area (Å²) in [4.78, 5) is 0. The summed E-state index contributed by atoms with van der Waals surface area (Å²) in [5.41, 5.74) is 6.09. The van der Waals surface area contributed by atoms with Crippen molar-refractivity contribution in [1.82, 2.24) is 0 Å². The monoisotopic (exact) mass is 188 g/mol. The van der Waals surface area contributed by atoms with E-state index in [1.165, 1.54) is 0 Å². The van der Waals surface area contributed by atoms with E-state index in [0.29, 0.717) is 11.3 Å². The minimum absolute atomic E-state index is 0.614. The summed E-state index contributed by atoms with van der Waals surface area (Å²) >= 11 is 0. The zero-order valence-electron chi connectivity index (χ0n) is 8.50. The summed E-state index contributed by atoms with van der Waals surface area (Å²) in [6.07, 6.45) is 0. The van der Waals surface area contributed by atoms with Gasteiger partial charge in [0.25, 0.3) is 0 Å². The third-order valence-electron chi connectivity index (χ3n) is 1.86. The Labute approximate surface area is 83.3 Å². The number of nitrogens with one attached hydrogen (secondary N) is 1. The van der Waals surface area contributed by atoms with Crippen molar-refractivity contribution in [3.05, 3.63) is 28.8 Å². The number of nitrogens with zero attached hydrogens (tertiary/aromatic N) is 3. The summed E-state index contributed by atoms with van der Waals surface area (Å²) in [7, 11) is 1.57. The van der Waals surface area contributed by atoms with Gasteiger partial charge in [0.05, 0.1) is 18.3 Å². The predicted molar refractivity (Wildman–Crippen MR) is 55.0 cm³/mol. The van der Waals surface area contributed by atoms with Gasteiger partial charge in [0, 0.05) is 0 Å². The fourth-order valence-electron chi connectivity index (χ4n) is 1.31. The lowest BCUT2D eigenvalue weighted by molar-refractivity contribution is 1.08. The van der Waals surface area contributed by atoms with Crippen LogP contribution in [0.5, 0.6) is 0 Å². The minimum atomic E-state index is 0.614. The number of nitriles is 1. The first-order chi connectivity index (χ1) is 6.69. The van der Waals surface area contributed by atoms with E-state index in [2.05, 4.69) is 21.8 Å². The highest BCUT2D eigenvalue weighted by Crippen LogP contribution is 2.20. The predicted octanol–water partition coefficient (Wildman–Crippen LogP) is 2.58. The highest BCUT2D eigenvalue weighted by molar-refractivity contribution is 5.61. The number of hydrogen-bond acceptors (Lipinski definition) is 3. The van der Waals surface area contributed by atoms with Crippen LogP contribution in [0.25, 0.3) is 0 Å². The van der Waals surface area contributed by atoms with Crippen LogP contribution in [0.4, 0.5) is 5.69 Å². The Hall–Kier alpha value is -1.89. The van der Waals surface area contributed by atoms with Gasteiger partial charge in [0.15, 0.2) is 0 Å². The van der Waals surface area contributed by atoms with Crippen LogP contribution in [0.3, 0.4) is 0 Å². The average Bonchev–Trinajstić information content (AvgIpc) is 2.14. The molecule has 0 radical (unpaired) electrons. The molecular formula is C10H12N4. The van der Waals surface area contributed by atoms with Gasteiger partial charge in [-0.2, -0.15) is 10.4 Å². The Balaban J connectivity index is 3.19. The molecule has 0 aliphatic heterocycles. The van der Waals surface area contributed by atoms with E-state index >= 15 is 0 Å². The second-order valence-corrected chi connectivity index (χ2v) is 3.03. The molecule has 72 valence electrons. The number of benzene rings is 1. The molecule has 0 spiro atoms. The van der Waals surface area contributed by atoms with Crippen LogP contribution in [0, 0.1) is 25.2 Å². The van der Waals surface area contributed by atoms with Gasteiger partial charge >= 0.3 is 0 Å². The van der Waals surface area contributed by atoms with Crippen molar-refractivity contribution in [2.75, 3.05) is 12.5 Å². The first-order valence-corrected chi connectivity index (χ1v) is 4.25. The zero-order chi connectivity index (χ0) is 10.6. The van der Waals surface area contributed by atoms with Gasteiger partial charge in [-0.25, -0.2) is 0 Å². The Kier molecular flexibility index (Phi) is 3.19. The lowest BCUT2D eigenvalue weighted by Crippen LogP contribution is -1.95. The third kappa shape index (κ3) is 2.07. The van der Waals surface area contributed by atoms with Gasteiger partial charge in [-0.15, -0.1) is 0 Å². The number of hydrogen-bond donors (Lipinski definition) is 1. The summed E-state index contributed by atoms with van der Waals surface area (Å²) in [6, 6.07) is 5.98. The molecule has 4 nitrogen and oxygen atoms in total. The van der Waals surface area contributed by atoms with Crippen molar-refractivity contribution in [1.29, 1.82) is 5.26 Å². The van der Waals surface area contributed by atoms with Crippen LogP contribution in [0.15, 0.2) is 22.5 Å². The fourth-order valence-corrected chi connectivity index (χ4v) is 1.31. The van der Waals surface area contributed by atoms with E-state index in [9.17, 15) is 0 Å². The molecule has 0 heterocycles. The van der Waals surface area contributed by atoms with E-state index in [-0.39, 0.29) is 0 Å². The molecule has 14 heavy (non-hydrogen) atoms. The van der Waals surface area contributed by atoms with Crippen molar-refractivity contribution in [2.24, 2.45) is 10.3 Å². The normalized spacial score (nSPS) is 10.1. The van der Waals surface area contributed by atoms with Gasteiger partial charge in [0.2, 0.25) is 0 Å². The molecule has 0 atom stereocenters. The van der Waals surface area contributed by atoms with Crippen LogP contribution < -0.4 is 5.43 Å². The average molecular weight is 188 g/mol. The fraction of sp³-hybridized carbons (Fsp3) is 0.300. The molecule has 1 aromatic rings. The highest BCUT2D eigenvalue weighted by Gasteiger charge is 2.05. The van der Waals surface area contributed by atoms with E-state index in [4.69, 9.17) is 5.26 Å². The quantitative estimate of drug-likeness (QED) is 0.572. The molecule has 1 rings (SSSR count). The molecule has 0 aromatic heterocycles. The lowest BCUT2D eigenvalue weighted by atomic mass is 10.0. The largest absolute Gasteiger partial charge is 0.259 e. The van der Waals surface area contributed by atoms with Gasteiger partial charge in [0.1, 0.15) is 6.07 Å². The van der Waals surface area contributed by atoms with Crippen molar-refractivity contribution in [3.63, 3.8) is 0 Å². The van der Waals surface area contributed by atoms with Crippen molar-refractivity contribution < 1.29 is 0 Å². The van der Waals surface area contributed by atoms with Crippen molar-refractivity contribution in [2.45, 2.75) is 13.8 Å². The Morgan fingerprint density at radius 2 is 2.07 bits per heavy atom. The second kappa shape index (κ2) is 4.38. The molecule has 0 fully saturated rings. The maximum absolute atomic E-state index is 8.93. The van der Waals surface area contributed by atoms with E-state index in [0.717, 1.165) is 11.1 Å². The molecule has 0 unspecified atom stereocenters. The van der Waals surface area contributed by atoms with Crippen LogP contribution in [0.1, 0.15) is 16.7 Å². The first kappa shape index (κ1) is 10.2. The zero-order valence-corrected chi connectivity index (χ0v) is 8.50. The molecule has 0 saturated heterocycles. The Morgan fingerprint density at radius 1 is 1.36 bits per heavy atom. The van der Waals surface area contributed by atoms with E-state index in [1.807, 2.05) is 26.0 Å². The topological polar surface area (TPSA) is 60.5 Å². The van der Waals surface area contributed by atoms with Gasteiger partial charge in [-0.3, -0.25) is 5.43 Å². The van der Waals surface area contributed by atoms with Crippen molar-refractivity contribution in [3.8, 4) is 6.07 Å². The first-order valence-electron chi connectivity index (χ1n) is 4.25. The summed E-state index contributed by atoms with van der Waals surface area (Å²) < 4.78 is 0. The molecular weight excluding hydrogens is 176 g/mol. The van der Waals surface area contributed by atoms with Crippen LogP contribution in [-0.4, -0.2) is 7.05 Å². The van der Waals surface area contributed by atoms with Crippen LogP contribution in [-0.2, 0) is 0 Å². The third-order valence-corrected chi connectivity index (χ3v) is 1.86. The maximum atomic E-state index is 8.93.